The van der Waals surface area contributed by atoms with Gasteiger partial charge in [0, 0.05) is 0 Å². The number of esters is 2. The van der Waals surface area contributed by atoms with E-state index in [2.05, 4.69) is 0 Å². The van der Waals surface area contributed by atoms with E-state index in [-0.39, 0.29) is 24.5 Å². The fourth-order valence-corrected chi connectivity index (χ4v) is 2.65. The number of rotatable bonds is 9. The van der Waals surface area contributed by atoms with Gasteiger partial charge in [-0.3, -0.25) is 0 Å². The number of ether oxygens (including phenoxy) is 4. The highest BCUT2D eigenvalue weighted by Gasteiger charge is 2.14. The van der Waals surface area contributed by atoms with Gasteiger partial charge in [-0.05, 0) is 68.7 Å². The number of nitriles is 1. The summed E-state index contributed by atoms with van der Waals surface area (Å²) in [5.74, 6) is -0.164. The van der Waals surface area contributed by atoms with E-state index in [9.17, 15) is 14.9 Å². The lowest BCUT2D eigenvalue weighted by atomic mass is 10.1. The van der Waals surface area contributed by atoms with Crippen LogP contribution in [0.3, 0.4) is 0 Å². The minimum Gasteiger partial charge on any atom is -0.490 e. The quantitative estimate of drug-likeness (QED) is 0.259. The van der Waals surface area contributed by atoms with Crippen LogP contribution >= 0.6 is 0 Å². The second-order valence-corrected chi connectivity index (χ2v) is 6.49. The maximum absolute atomic E-state index is 12.3. The van der Waals surface area contributed by atoms with Crippen LogP contribution in [0.2, 0.25) is 0 Å². The van der Waals surface area contributed by atoms with Gasteiger partial charge in [-0.15, -0.1) is 0 Å². The molecule has 0 radical (unpaired) electrons. The van der Waals surface area contributed by atoms with E-state index >= 15 is 0 Å². The summed E-state index contributed by atoms with van der Waals surface area (Å²) in [6, 6.07) is 12.1. The summed E-state index contributed by atoms with van der Waals surface area (Å²) in [7, 11) is 0. The highest BCUT2D eigenvalue weighted by molar-refractivity contribution is 5.98. The molecule has 162 valence electrons. The van der Waals surface area contributed by atoms with Crippen LogP contribution in [0.1, 0.15) is 30.5 Å². The van der Waals surface area contributed by atoms with Crippen molar-refractivity contribution in [3.63, 3.8) is 0 Å². The highest BCUT2D eigenvalue weighted by atomic mass is 16.6. The van der Waals surface area contributed by atoms with Gasteiger partial charge in [0.1, 0.15) is 17.4 Å². The second kappa shape index (κ2) is 11.4. The molecule has 0 atom stereocenters. The first-order valence-electron chi connectivity index (χ1n) is 9.85. The van der Waals surface area contributed by atoms with Crippen LogP contribution < -0.4 is 14.2 Å². The number of benzene rings is 2. The van der Waals surface area contributed by atoms with Gasteiger partial charge in [0.15, 0.2) is 18.1 Å². The average molecular weight is 423 g/mol. The smallest absolute Gasteiger partial charge is 0.349 e. The number of hydrogen-bond acceptors (Lipinski definition) is 7. The summed E-state index contributed by atoms with van der Waals surface area (Å²) in [5, 5.41) is 9.19. The van der Waals surface area contributed by atoms with Gasteiger partial charge in [-0.2, -0.15) is 5.26 Å². The maximum atomic E-state index is 12.3. The molecule has 2 aromatic carbocycles. The number of nitrogens with zero attached hydrogens (tertiary/aromatic N) is 1. The van der Waals surface area contributed by atoms with E-state index < -0.39 is 11.9 Å². The fourth-order valence-electron chi connectivity index (χ4n) is 2.65. The molecule has 0 aromatic heterocycles. The SMILES string of the molecule is CCOC(=O)/C(C#N)=C/c1ccc(OC(=O)COc2cccc(C)c2C)c(OCC)c1. The Labute approximate surface area is 181 Å². The lowest BCUT2D eigenvalue weighted by Crippen LogP contribution is -2.18. The van der Waals surface area contributed by atoms with Crippen molar-refractivity contribution in [3.05, 3.63) is 58.7 Å². The Morgan fingerprint density at radius 1 is 1.00 bits per heavy atom. The van der Waals surface area contributed by atoms with Gasteiger partial charge in [0.25, 0.3) is 0 Å². The van der Waals surface area contributed by atoms with Crippen molar-refractivity contribution in [2.75, 3.05) is 19.8 Å². The Morgan fingerprint density at radius 3 is 2.45 bits per heavy atom. The Hall–Kier alpha value is -3.79. The predicted octanol–water partition coefficient (Wildman–Crippen LogP) is 4.16. The molecule has 0 saturated carbocycles. The molecule has 0 aliphatic heterocycles. The van der Waals surface area contributed by atoms with Crippen molar-refractivity contribution in [2.45, 2.75) is 27.7 Å². The third kappa shape index (κ3) is 6.61. The van der Waals surface area contributed by atoms with Crippen LogP contribution in [0.4, 0.5) is 0 Å². The first-order chi connectivity index (χ1) is 14.9. The third-order valence-electron chi connectivity index (χ3n) is 4.32. The topological polar surface area (TPSA) is 94.9 Å². The first kappa shape index (κ1) is 23.5. The highest BCUT2D eigenvalue weighted by Crippen LogP contribution is 2.30. The van der Waals surface area contributed by atoms with Crippen LogP contribution in [0, 0.1) is 25.2 Å². The predicted molar refractivity (Wildman–Crippen MR) is 115 cm³/mol. The zero-order valence-electron chi connectivity index (χ0n) is 18.1. The molecular weight excluding hydrogens is 398 g/mol. The number of aryl methyl sites for hydroxylation is 1. The standard InChI is InChI=1S/C24H25NO6/c1-5-28-22-13-18(12-19(14-25)24(27)29-6-2)10-11-21(22)31-23(26)15-30-20-9-7-8-16(3)17(20)4/h7-13H,5-6,15H2,1-4H3/b19-12+. The molecule has 0 aliphatic carbocycles. The van der Waals surface area contributed by atoms with Crippen molar-refractivity contribution in [1.29, 1.82) is 5.26 Å². The Balaban J connectivity index is 2.15. The van der Waals surface area contributed by atoms with Gasteiger partial charge in [0.2, 0.25) is 0 Å². The van der Waals surface area contributed by atoms with Crippen molar-refractivity contribution >= 4 is 18.0 Å². The molecule has 0 spiro atoms. The van der Waals surface area contributed by atoms with E-state index in [0.717, 1.165) is 11.1 Å². The molecule has 0 N–H and O–H groups in total. The first-order valence-corrected chi connectivity index (χ1v) is 9.85. The Morgan fingerprint density at radius 2 is 1.77 bits per heavy atom. The summed E-state index contributed by atoms with van der Waals surface area (Å²) in [6.07, 6.45) is 1.38. The van der Waals surface area contributed by atoms with Gasteiger partial charge in [0.05, 0.1) is 13.2 Å². The van der Waals surface area contributed by atoms with Crippen LogP contribution in [0.15, 0.2) is 42.0 Å². The number of carbonyl (C=O) groups is 2. The second-order valence-electron chi connectivity index (χ2n) is 6.49. The van der Waals surface area contributed by atoms with Gasteiger partial charge in [-0.25, -0.2) is 9.59 Å². The number of hydrogen-bond donors (Lipinski definition) is 0. The minimum atomic E-state index is -0.706. The van der Waals surface area contributed by atoms with Crippen LogP contribution in [0.5, 0.6) is 17.2 Å². The lowest BCUT2D eigenvalue weighted by molar-refractivity contribution is -0.138. The third-order valence-corrected chi connectivity index (χ3v) is 4.32. The maximum Gasteiger partial charge on any atom is 0.349 e. The van der Waals surface area contributed by atoms with Gasteiger partial charge < -0.3 is 18.9 Å². The Kier molecular flexibility index (Phi) is 8.64. The van der Waals surface area contributed by atoms with Crippen molar-refractivity contribution in [2.24, 2.45) is 0 Å². The molecule has 31 heavy (non-hydrogen) atoms. The monoisotopic (exact) mass is 423 g/mol. The van der Waals surface area contributed by atoms with Gasteiger partial charge >= 0.3 is 11.9 Å². The molecule has 0 heterocycles. The summed E-state index contributed by atoms with van der Waals surface area (Å²) >= 11 is 0. The molecule has 0 bridgehead atoms. The molecule has 7 heteroatoms. The summed E-state index contributed by atoms with van der Waals surface area (Å²) in [5.41, 5.74) is 2.40. The molecule has 2 rings (SSSR count). The van der Waals surface area contributed by atoms with Crippen LogP contribution in [0.25, 0.3) is 6.08 Å². The van der Waals surface area contributed by atoms with Crippen molar-refractivity contribution in [3.8, 4) is 23.3 Å². The summed E-state index contributed by atoms with van der Waals surface area (Å²) < 4.78 is 21.4. The molecular formula is C24H25NO6. The molecule has 2 aromatic rings. The normalized spacial score (nSPS) is 10.7. The zero-order valence-corrected chi connectivity index (χ0v) is 18.1. The van der Waals surface area contributed by atoms with E-state index in [1.165, 1.54) is 12.1 Å². The van der Waals surface area contributed by atoms with Crippen LogP contribution in [-0.2, 0) is 14.3 Å². The molecule has 0 aliphatic rings. The van der Waals surface area contributed by atoms with Gasteiger partial charge in [-0.1, -0.05) is 18.2 Å². The van der Waals surface area contributed by atoms with Crippen molar-refractivity contribution < 1.29 is 28.5 Å². The molecule has 0 saturated heterocycles. The number of carbonyl (C=O) groups excluding carboxylic acids is 2. The molecule has 0 fully saturated rings. The lowest BCUT2D eigenvalue weighted by Gasteiger charge is -2.13. The molecule has 7 nitrogen and oxygen atoms in total. The van der Waals surface area contributed by atoms with E-state index in [4.69, 9.17) is 18.9 Å². The van der Waals surface area contributed by atoms with Crippen LogP contribution in [-0.4, -0.2) is 31.8 Å². The Bertz CT molecular complexity index is 1020. The summed E-state index contributed by atoms with van der Waals surface area (Å²) in [4.78, 5) is 24.1. The molecule has 0 unspecified atom stereocenters. The average Bonchev–Trinajstić information content (AvgIpc) is 2.75. The largest absolute Gasteiger partial charge is 0.490 e. The molecule has 0 amide bonds. The van der Waals surface area contributed by atoms with E-state index in [1.807, 2.05) is 32.0 Å². The van der Waals surface area contributed by atoms with E-state index in [1.54, 1.807) is 32.0 Å². The fraction of sp³-hybridized carbons (Fsp3) is 0.292. The summed E-state index contributed by atoms with van der Waals surface area (Å²) in [6.45, 7) is 7.57. The van der Waals surface area contributed by atoms with Crippen molar-refractivity contribution in [1.82, 2.24) is 0 Å². The van der Waals surface area contributed by atoms with E-state index in [0.29, 0.717) is 23.7 Å². The zero-order chi connectivity index (χ0) is 22.8. The minimum absolute atomic E-state index is 0.143.